The van der Waals surface area contributed by atoms with E-state index in [0.717, 1.165) is 11.4 Å². The van der Waals surface area contributed by atoms with Crippen molar-refractivity contribution in [1.82, 2.24) is 0 Å². The van der Waals surface area contributed by atoms with Crippen LogP contribution < -0.4 is 14.7 Å². The Hall–Kier alpha value is -7.66. The molecule has 63 heavy (non-hydrogen) atoms. The maximum Gasteiger partial charge on any atom is 0.0629 e. The molecule has 3 heterocycles. The van der Waals surface area contributed by atoms with Gasteiger partial charge in [-0.2, -0.15) is 0 Å². The molecule has 0 amide bonds. The summed E-state index contributed by atoms with van der Waals surface area (Å²) >= 11 is 1.89. The zero-order valence-electron chi connectivity index (χ0n) is 34.7. The number of thiophene rings is 1. The molecule has 0 bridgehead atoms. The number of benzene rings is 9. The highest BCUT2D eigenvalue weighted by Gasteiger charge is 2.37. The van der Waals surface area contributed by atoms with Gasteiger partial charge in [-0.25, -0.2) is 0 Å². The lowest BCUT2D eigenvalue weighted by Crippen LogP contribution is -2.28. The van der Waals surface area contributed by atoms with E-state index >= 15 is 0 Å². The third kappa shape index (κ3) is 5.65. The topological polar surface area (TPSA) is 9.72 Å². The standard InChI is InChI=1S/C59H41N3S/c1-60(44-31-32-54-50(36-44)47-21-9-11-25-53(47)61(54)43-17-6-3-7-18-43)42-29-26-39(27-30-42)41-28-33-56-51(35-41)59-49-23-13-22-48-46-20-8-10-24-52(46)62(55(58(48)49)37-57(59)63-56)45-19-12-16-40(34-45)38-14-4-2-5-15-38/h2-37,47,53H,1H3. The summed E-state index contributed by atoms with van der Waals surface area (Å²) < 4.78 is 2.60. The molecule has 3 nitrogen and oxygen atoms in total. The Balaban J connectivity index is 0.872. The van der Waals surface area contributed by atoms with E-state index in [2.05, 4.69) is 240 Å². The summed E-state index contributed by atoms with van der Waals surface area (Å²) in [4.78, 5) is 7.28. The van der Waals surface area contributed by atoms with Gasteiger partial charge in [0, 0.05) is 72.5 Å². The van der Waals surface area contributed by atoms with Crippen LogP contribution in [0.2, 0.25) is 0 Å². The molecule has 4 heteroatoms. The molecular formula is C59H41N3S. The fourth-order valence-corrected chi connectivity index (χ4v) is 11.7. The molecule has 1 aliphatic carbocycles. The molecule has 13 rings (SSSR count). The molecular weight excluding hydrogens is 783 g/mol. The van der Waals surface area contributed by atoms with Crippen LogP contribution in [0.1, 0.15) is 11.5 Å². The number of hydrogen-bond donors (Lipinski definition) is 0. The van der Waals surface area contributed by atoms with Crippen LogP contribution in [-0.2, 0) is 0 Å². The van der Waals surface area contributed by atoms with E-state index in [-0.39, 0.29) is 6.04 Å². The van der Waals surface area contributed by atoms with Gasteiger partial charge in [-0.15, -0.1) is 11.3 Å². The first kappa shape index (κ1) is 36.0. The maximum atomic E-state index is 2.49. The number of hydrogen-bond acceptors (Lipinski definition) is 4. The van der Waals surface area contributed by atoms with Crippen LogP contribution in [-0.4, -0.2) is 13.1 Å². The summed E-state index contributed by atoms with van der Waals surface area (Å²) in [5, 5.41) is 5.24. The van der Waals surface area contributed by atoms with Gasteiger partial charge in [-0.3, -0.25) is 0 Å². The van der Waals surface area contributed by atoms with Crippen molar-refractivity contribution >= 4 is 82.1 Å². The second-order valence-corrected chi connectivity index (χ2v) is 18.0. The lowest BCUT2D eigenvalue weighted by molar-refractivity contribution is 0.745. The smallest absolute Gasteiger partial charge is 0.0629 e. The molecule has 0 spiro atoms. The van der Waals surface area contributed by atoms with Crippen LogP contribution >= 0.6 is 11.3 Å². The fourth-order valence-electron chi connectivity index (χ4n) is 10.5. The molecule has 0 N–H and O–H groups in total. The predicted octanol–water partition coefficient (Wildman–Crippen LogP) is 16.5. The van der Waals surface area contributed by atoms with Gasteiger partial charge >= 0.3 is 0 Å². The van der Waals surface area contributed by atoms with Gasteiger partial charge in [0.25, 0.3) is 0 Å². The molecule has 0 saturated heterocycles. The molecule has 2 unspecified atom stereocenters. The summed E-state index contributed by atoms with van der Waals surface area (Å²) in [5.74, 6) is 0.314. The Morgan fingerprint density at radius 2 is 1.13 bits per heavy atom. The van der Waals surface area contributed by atoms with E-state index in [4.69, 9.17) is 0 Å². The molecule has 2 atom stereocenters. The molecule has 1 aromatic heterocycles. The quantitative estimate of drug-likeness (QED) is 0.165. The normalized spacial score (nSPS) is 15.8. The average Bonchev–Trinajstić information content (AvgIpc) is 3.89. The van der Waals surface area contributed by atoms with Crippen molar-refractivity contribution in [3.63, 3.8) is 0 Å². The number of rotatable bonds is 6. The number of nitrogens with zero attached hydrogens (tertiary/aromatic N) is 3. The third-order valence-corrected chi connectivity index (χ3v) is 14.6. The summed E-state index contributed by atoms with van der Waals surface area (Å²) in [5.41, 5.74) is 17.2. The van der Waals surface area contributed by atoms with Crippen molar-refractivity contribution in [2.24, 2.45) is 0 Å². The molecule has 0 fully saturated rings. The van der Waals surface area contributed by atoms with Crippen molar-refractivity contribution in [3.8, 4) is 33.4 Å². The highest BCUT2D eigenvalue weighted by Crippen LogP contribution is 2.55. The van der Waals surface area contributed by atoms with Crippen molar-refractivity contribution in [3.05, 3.63) is 224 Å². The molecule has 3 aliphatic rings. The van der Waals surface area contributed by atoms with Gasteiger partial charge in [0.15, 0.2) is 0 Å². The molecule has 9 aromatic carbocycles. The van der Waals surface area contributed by atoms with E-state index in [1.54, 1.807) is 0 Å². The first-order valence-corrected chi connectivity index (χ1v) is 22.6. The fraction of sp³-hybridized carbons (Fsp3) is 0.0508. The molecule has 0 saturated carbocycles. The Kier molecular flexibility index (Phi) is 8.12. The van der Waals surface area contributed by atoms with Crippen molar-refractivity contribution in [1.29, 1.82) is 0 Å². The number of fused-ring (bicyclic) bond motifs is 9. The van der Waals surface area contributed by atoms with Gasteiger partial charge in [0.1, 0.15) is 0 Å². The van der Waals surface area contributed by atoms with E-state index in [1.165, 1.54) is 98.3 Å². The van der Waals surface area contributed by atoms with Crippen molar-refractivity contribution < 1.29 is 0 Å². The van der Waals surface area contributed by atoms with Gasteiger partial charge in [-0.1, -0.05) is 140 Å². The Morgan fingerprint density at radius 1 is 0.444 bits per heavy atom. The minimum atomic E-state index is 0.276. The van der Waals surface area contributed by atoms with Gasteiger partial charge in [0.2, 0.25) is 0 Å². The number of anilines is 7. The summed E-state index contributed by atoms with van der Waals surface area (Å²) in [6.07, 6.45) is 9.07. The van der Waals surface area contributed by atoms with Gasteiger partial charge < -0.3 is 14.7 Å². The molecule has 10 aromatic rings. The molecule has 298 valence electrons. The highest BCUT2D eigenvalue weighted by atomic mass is 32.1. The van der Waals surface area contributed by atoms with E-state index < -0.39 is 0 Å². The lowest BCUT2D eigenvalue weighted by atomic mass is 9.89. The molecule has 0 radical (unpaired) electrons. The SMILES string of the molecule is CN(c1ccc(-c2ccc3sc4cc5c6c(cccc6c4c3c2)-c2ccccc2N5c2cccc(-c3ccccc3)c2)cc1)c1ccc2c(c1)C1C=CC=CC1N2c1ccccc1. The van der Waals surface area contributed by atoms with Crippen LogP contribution in [0.25, 0.3) is 64.3 Å². The minimum absolute atomic E-state index is 0.276. The van der Waals surface area contributed by atoms with E-state index in [0.29, 0.717) is 5.92 Å². The largest absolute Gasteiger partial charge is 0.345 e. The first-order valence-electron chi connectivity index (χ1n) is 21.8. The van der Waals surface area contributed by atoms with Gasteiger partial charge in [-0.05, 0) is 118 Å². The Morgan fingerprint density at radius 3 is 2.00 bits per heavy atom. The predicted molar refractivity (Wildman–Crippen MR) is 269 cm³/mol. The maximum absolute atomic E-state index is 2.49. The summed E-state index contributed by atoms with van der Waals surface area (Å²) in [6.45, 7) is 0. The second kappa shape index (κ2) is 14.2. The lowest BCUT2D eigenvalue weighted by Gasteiger charge is -2.34. The monoisotopic (exact) mass is 823 g/mol. The van der Waals surface area contributed by atoms with Crippen molar-refractivity contribution in [2.75, 3.05) is 21.7 Å². The van der Waals surface area contributed by atoms with Crippen molar-refractivity contribution in [2.45, 2.75) is 12.0 Å². The summed E-state index contributed by atoms with van der Waals surface area (Å²) in [6, 6.07) is 72.0. The van der Waals surface area contributed by atoms with E-state index in [9.17, 15) is 0 Å². The van der Waals surface area contributed by atoms with E-state index in [1.807, 2.05) is 11.3 Å². The molecule has 2 aliphatic heterocycles. The zero-order chi connectivity index (χ0) is 41.6. The average molecular weight is 824 g/mol. The summed E-state index contributed by atoms with van der Waals surface area (Å²) in [7, 11) is 2.18. The first-order chi connectivity index (χ1) is 31.2. The number of allylic oxidation sites excluding steroid dienone is 2. The van der Waals surface area contributed by atoms with Crippen LogP contribution in [0.4, 0.5) is 39.8 Å². The van der Waals surface area contributed by atoms with Crippen LogP contribution in [0.15, 0.2) is 218 Å². The second-order valence-electron chi connectivity index (χ2n) is 16.9. The third-order valence-electron chi connectivity index (χ3n) is 13.5. The number of para-hydroxylation sites is 2. The minimum Gasteiger partial charge on any atom is -0.345 e. The van der Waals surface area contributed by atoms with Crippen LogP contribution in [0.5, 0.6) is 0 Å². The Bertz CT molecular complexity index is 3490. The highest BCUT2D eigenvalue weighted by molar-refractivity contribution is 7.26. The zero-order valence-corrected chi connectivity index (χ0v) is 35.5. The Labute approximate surface area is 371 Å². The van der Waals surface area contributed by atoms with Crippen LogP contribution in [0, 0.1) is 0 Å². The van der Waals surface area contributed by atoms with Crippen LogP contribution in [0.3, 0.4) is 0 Å². The van der Waals surface area contributed by atoms with Gasteiger partial charge in [0.05, 0.1) is 17.4 Å².